The second kappa shape index (κ2) is 11.0. The van der Waals surface area contributed by atoms with Crippen LogP contribution in [0.4, 0.5) is 0 Å². The standard InChI is InChI=1S/C27H29BrN2O5/c1-18(2)13-30(27(32)21-6-8-22(28)9-7-21)16-26(31)29(15-23-10-4-19(3)35-23)14-20-5-11-24-25(12-20)34-17-33-24/h4-12,18H,13-17H2,1-3H3. The maximum absolute atomic E-state index is 13.6. The van der Waals surface area contributed by atoms with Crippen molar-refractivity contribution in [1.82, 2.24) is 9.80 Å². The Kier molecular flexibility index (Phi) is 7.80. The molecular weight excluding hydrogens is 512 g/mol. The molecule has 35 heavy (non-hydrogen) atoms. The number of carbonyl (C=O) groups is 2. The van der Waals surface area contributed by atoms with E-state index in [9.17, 15) is 9.59 Å². The molecule has 0 saturated carbocycles. The number of carbonyl (C=O) groups excluding carboxylic acids is 2. The molecule has 1 aliphatic heterocycles. The van der Waals surface area contributed by atoms with Crippen LogP contribution < -0.4 is 9.47 Å². The number of rotatable bonds is 9. The van der Waals surface area contributed by atoms with E-state index in [0.717, 1.165) is 15.8 Å². The van der Waals surface area contributed by atoms with Gasteiger partial charge in [0, 0.05) is 23.1 Å². The van der Waals surface area contributed by atoms with Gasteiger partial charge >= 0.3 is 0 Å². The van der Waals surface area contributed by atoms with Crippen LogP contribution in [0.25, 0.3) is 0 Å². The molecule has 0 radical (unpaired) electrons. The Balaban J connectivity index is 1.55. The van der Waals surface area contributed by atoms with Gasteiger partial charge in [-0.05, 0) is 66.9 Å². The fourth-order valence-electron chi connectivity index (χ4n) is 3.95. The molecule has 0 fully saturated rings. The first-order valence-corrected chi connectivity index (χ1v) is 12.3. The lowest BCUT2D eigenvalue weighted by Crippen LogP contribution is -2.43. The van der Waals surface area contributed by atoms with E-state index in [4.69, 9.17) is 13.9 Å². The number of hydrogen-bond donors (Lipinski definition) is 0. The van der Waals surface area contributed by atoms with Crippen LogP contribution in [-0.4, -0.2) is 41.5 Å². The lowest BCUT2D eigenvalue weighted by atomic mass is 10.1. The van der Waals surface area contributed by atoms with Crippen LogP contribution in [0.1, 0.15) is 41.3 Å². The molecule has 2 aromatic carbocycles. The Hall–Kier alpha value is -3.26. The largest absolute Gasteiger partial charge is 0.464 e. The second-order valence-electron chi connectivity index (χ2n) is 9.04. The first-order chi connectivity index (χ1) is 16.8. The van der Waals surface area contributed by atoms with E-state index in [1.165, 1.54) is 0 Å². The average Bonchev–Trinajstić information content (AvgIpc) is 3.46. The number of aryl methyl sites for hydroxylation is 1. The summed E-state index contributed by atoms with van der Waals surface area (Å²) < 4.78 is 17.5. The Morgan fingerprint density at radius 1 is 0.943 bits per heavy atom. The molecule has 0 saturated heterocycles. The molecule has 2 amide bonds. The van der Waals surface area contributed by atoms with E-state index in [1.54, 1.807) is 21.9 Å². The average molecular weight is 541 g/mol. The summed E-state index contributed by atoms with van der Waals surface area (Å²) in [6.45, 7) is 7.20. The molecule has 1 aromatic heterocycles. The lowest BCUT2D eigenvalue weighted by Gasteiger charge is -2.28. The number of ether oxygens (including phenoxy) is 2. The van der Waals surface area contributed by atoms with E-state index in [2.05, 4.69) is 15.9 Å². The van der Waals surface area contributed by atoms with E-state index in [0.29, 0.717) is 42.5 Å². The highest BCUT2D eigenvalue weighted by Crippen LogP contribution is 2.33. The minimum Gasteiger partial charge on any atom is -0.464 e. The molecule has 7 nitrogen and oxygen atoms in total. The molecule has 0 aliphatic carbocycles. The van der Waals surface area contributed by atoms with Gasteiger partial charge in [-0.3, -0.25) is 9.59 Å². The zero-order valence-corrected chi connectivity index (χ0v) is 21.7. The van der Waals surface area contributed by atoms with Gasteiger partial charge in [-0.2, -0.15) is 0 Å². The van der Waals surface area contributed by atoms with Crippen molar-refractivity contribution in [3.8, 4) is 11.5 Å². The minimum atomic E-state index is -0.170. The van der Waals surface area contributed by atoms with Gasteiger partial charge in [0.25, 0.3) is 5.91 Å². The molecule has 184 valence electrons. The zero-order valence-electron chi connectivity index (χ0n) is 20.1. The van der Waals surface area contributed by atoms with Gasteiger partial charge in [-0.25, -0.2) is 0 Å². The third kappa shape index (κ3) is 6.45. The predicted molar refractivity (Wildman–Crippen MR) is 135 cm³/mol. The SMILES string of the molecule is Cc1ccc(CN(Cc2ccc3c(c2)OCO3)C(=O)CN(CC(C)C)C(=O)c2ccc(Br)cc2)o1. The smallest absolute Gasteiger partial charge is 0.254 e. The van der Waals surface area contributed by atoms with Gasteiger partial charge in [-0.1, -0.05) is 35.8 Å². The Labute approximate surface area is 213 Å². The van der Waals surface area contributed by atoms with Gasteiger partial charge in [0.05, 0.1) is 6.54 Å². The number of fused-ring (bicyclic) bond motifs is 1. The molecular formula is C27H29BrN2O5. The molecule has 0 N–H and O–H groups in total. The summed E-state index contributed by atoms with van der Waals surface area (Å²) in [4.78, 5) is 30.2. The topological polar surface area (TPSA) is 72.2 Å². The van der Waals surface area contributed by atoms with Crippen LogP contribution in [0.5, 0.6) is 11.5 Å². The van der Waals surface area contributed by atoms with Crippen LogP contribution in [0.2, 0.25) is 0 Å². The van der Waals surface area contributed by atoms with Gasteiger partial charge in [0.2, 0.25) is 12.7 Å². The number of furan rings is 1. The summed E-state index contributed by atoms with van der Waals surface area (Å²) in [5.74, 6) is 2.69. The predicted octanol–water partition coefficient (Wildman–Crippen LogP) is 5.41. The summed E-state index contributed by atoms with van der Waals surface area (Å²) in [7, 11) is 0. The Morgan fingerprint density at radius 3 is 2.37 bits per heavy atom. The fraction of sp³-hybridized carbons (Fsp3) is 0.333. The first kappa shape index (κ1) is 24.9. The molecule has 3 aromatic rings. The van der Waals surface area contributed by atoms with E-state index >= 15 is 0 Å². The summed E-state index contributed by atoms with van der Waals surface area (Å²) in [5, 5.41) is 0. The monoisotopic (exact) mass is 540 g/mol. The van der Waals surface area contributed by atoms with E-state index in [1.807, 2.05) is 63.2 Å². The maximum Gasteiger partial charge on any atom is 0.254 e. The molecule has 4 rings (SSSR count). The Bertz CT molecular complexity index is 1190. The molecule has 8 heteroatoms. The number of benzene rings is 2. The van der Waals surface area contributed by atoms with Crippen molar-refractivity contribution in [2.24, 2.45) is 5.92 Å². The summed E-state index contributed by atoms with van der Waals surface area (Å²) in [6, 6.07) is 16.6. The van der Waals surface area contributed by atoms with Crippen LogP contribution in [-0.2, 0) is 17.9 Å². The van der Waals surface area contributed by atoms with Gasteiger partial charge in [0.1, 0.15) is 18.1 Å². The van der Waals surface area contributed by atoms with Crippen molar-refractivity contribution < 1.29 is 23.5 Å². The highest BCUT2D eigenvalue weighted by molar-refractivity contribution is 9.10. The van der Waals surface area contributed by atoms with Crippen molar-refractivity contribution in [1.29, 1.82) is 0 Å². The van der Waals surface area contributed by atoms with Crippen molar-refractivity contribution >= 4 is 27.7 Å². The number of hydrogen-bond acceptors (Lipinski definition) is 5. The highest BCUT2D eigenvalue weighted by Gasteiger charge is 2.25. The lowest BCUT2D eigenvalue weighted by molar-refractivity contribution is -0.133. The summed E-state index contributed by atoms with van der Waals surface area (Å²) in [6.07, 6.45) is 0. The molecule has 0 unspecified atom stereocenters. The number of nitrogens with zero attached hydrogens (tertiary/aromatic N) is 2. The molecule has 1 aliphatic rings. The van der Waals surface area contributed by atoms with Crippen molar-refractivity contribution in [2.75, 3.05) is 19.9 Å². The van der Waals surface area contributed by atoms with Crippen LogP contribution in [0, 0.1) is 12.8 Å². The van der Waals surface area contributed by atoms with Gasteiger partial charge in [-0.15, -0.1) is 0 Å². The van der Waals surface area contributed by atoms with Gasteiger partial charge < -0.3 is 23.7 Å². The van der Waals surface area contributed by atoms with E-state index < -0.39 is 0 Å². The van der Waals surface area contributed by atoms with E-state index in [-0.39, 0.29) is 31.1 Å². The molecule has 0 bridgehead atoms. The van der Waals surface area contributed by atoms with Crippen LogP contribution in [0.3, 0.4) is 0 Å². The quantitative estimate of drug-likeness (QED) is 0.363. The number of halogens is 1. The second-order valence-corrected chi connectivity index (χ2v) is 9.95. The highest BCUT2D eigenvalue weighted by atomic mass is 79.9. The Morgan fingerprint density at radius 2 is 1.69 bits per heavy atom. The normalized spacial score (nSPS) is 12.1. The van der Waals surface area contributed by atoms with Gasteiger partial charge in [0.15, 0.2) is 11.5 Å². The molecule has 0 spiro atoms. The fourth-order valence-corrected chi connectivity index (χ4v) is 4.21. The number of amides is 2. The van der Waals surface area contributed by atoms with Crippen LogP contribution in [0.15, 0.2) is 63.5 Å². The summed E-state index contributed by atoms with van der Waals surface area (Å²) >= 11 is 3.40. The van der Waals surface area contributed by atoms with Crippen molar-refractivity contribution in [3.05, 3.63) is 81.7 Å². The maximum atomic E-state index is 13.6. The zero-order chi connectivity index (χ0) is 24.9. The minimum absolute atomic E-state index is 0.0304. The van der Waals surface area contributed by atoms with Crippen LogP contribution >= 0.6 is 15.9 Å². The first-order valence-electron chi connectivity index (χ1n) is 11.5. The molecule has 2 heterocycles. The van der Waals surface area contributed by atoms with Crippen molar-refractivity contribution in [3.63, 3.8) is 0 Å². The molecule has 0 atom stereocenters. The summed E-state index contributed by atoms with van der Waals surface area (Å²) in [5.41, 5.74) is 1.45. The third-order valence-electron chi connectivity index (χ3n) is 5.60. The third-order valence-corrected chi connectivity index (χ3v) is 6.12. The van der Waals surface area contributed by atoms with Crippen molar-refractivity contribution in [2.45, 2.75) is 33.9 Å².